The molecular weight excluding hydrogens is 359 g/mol. The predicted octanol–water partition coefficient (Wildman–Crippen LogP) is 3.89. The van der Waals surface area contributed by atoms with E-state index in [1.807, 2.05) is 6.92 Å². The standard InChI is InChI=1S/C15H15BrClFN2O/c1-3-12-14(16)13(20(2)19-12)8-10(21)7-9-5-4-6-11(17)15(9)18/h4-6H,3,7-8H2,1-2H3. The predicted molar refractivity (Wildman–Crippen MR) is 84.1 cm³/mol. The van der Waals surface area contributed by atoms with E-state index in [-0.39, 0.29) is 23.6 Å². The number of Topliss-reactive ketones (excluding diaryl/α,β-unsaturated/α-hetero) is 1. The quantitative estimate of drug-likeness (QED) is 0.797. The van der Waals surface area contributed by atoms with E-state index in [0.717, 1.165) is 22.3 Å². The van der Waals surface area contributed by atoms with Crippen LogP contribution in [0.25, 0.3) is 0 Å². The molecule has 0 amide bonds. The molecule has 21 heavy (non-hydrogen) atoms. The highest BCUT2D eigenvalue weighted by Crippen LogP contribution is 2.23. The van der Waals surface area contributed by atoms with Crippen LogP contribution in [0.15, 0.2) is 22.7 Å². The molecule has 0 aliphatic heterocycles. The van der Waals surface area contributed by atoms with E-state index >= 15 is 0 Å². The molecule has 0 atom stereocenters. The van der Waals surface area contributed by atoms with E-state index in [1.165, 1.54) is 6.07 Å². The second-order valence-corrected chi connectivity index (χ2v) is 5.99. The van der Waals surface area contributed by atoms with Crippen LogP contribution in [0.4, 0.5) is 4.39 Å². The summed E-state index contributed by atoms with van der Waals surface area (Å²) in [6.45, 7) is 2.00. The van der Waals surface area contributed by atoms with E-state index in [4.69, 9.17) is 11.6 Å². The Morgan fingerprint density at radius 3 is 2.76 bits per heavy atom. The molecule has 0 fully saturated rings. The summed E-state index contributed by atoms with van der Waals surface area (Å²) < 4.78 is 16.4. The molecule has 3 nitrogen and oxygen atoms in total. The van der Waals surface area contributed by atoms with E-state index in [9.17, 15) is 9.18 Å². The Morgan fingerprint density at radius 2 is 2.14 bits per heavy atom. The lowest BCUT2D eigenvalue weighted by Gasteiger charge is -2.05. The van der Waals surface area contributed by atoms with E-state index < -0.39 is 5.82 Å². The Balaban J connectivity index is 2.16. The van der Waals surface area contributed by atoms with Gasteiger partial charge in [-0.25, -0.2) is 4.39 Å². The van der Waals surface area contributed by atoms with Crippen LogP contribution in [0.3, 0.4) is 0 Å². The summed E-state index contributed by atoms with van der Waals surface area (Å²) in [4.78, 5) is 12.2. The monoisotopic (exact) mass is 372 g/mol. The topological polar surface area (TPSA) is 34.9 Å². The second kappa shape index (κ2) is 6.71. The molecule has 0 N–H and O–H groups in total. The Bertz CT molecular complexity index is 685. The maximum atomic E-state index is 13.8. The molecule has 0 bridgehead atoms. The van der Waals surface area contributed by atoms with Crippen LogP contribution < -0.4 is 0 Å². The zero-order valence-electron chi connectivity index (χ0n) is 11.8. The number of carbonyl (C=O) groups excluding carboxylic acids is 1. The minimum Gasteiger partial charge on any atom is -0.299 e. The van der Waals surface area contributed by atoms with Crippen molar-refractivity contribution in [3.05, 3.63) is 50.5 Å². The lowest BCUT2D eigenvalue weighted by atomic mass is 10.0. The van der Waals surface area contributed by atoms with Crippen LogP contribution in [0.5, 0.6) is 0 Å². The van der Waals surface area contributed by atoms with Gasteiger partial charge in [0.2, 0.25) is 0 Å². The molecule has 1 heterocycles. The van der Waals surface area contributed by atoms with Crippen LogP contribution in [0.1, 0.15) is 23.9 Å². The zero-order chi connectivity index (χ0) is 15.6. The number of ketones is 1. The van der Waals surface area contributed by atoms with Gasteiger partial charge < -0.3 is 0 Å². The van der Waals surface area contributed by atoms with Crippen molar-refractivity contribution in [1.29, 1.82) is 0 Å². The first kappa shape index (κ1) is 16.2. The van der Waals surface area contributed by atoms with Crippen LogP contribution in [0.2, 0.25) is 5.02 Å². The van der Waals surface area contributed by atoms with Crippen LogP contribution in [-0.4, -0.2) is 15.6 Å². The first-order chi connectivity index (χ1) is 9.93. The number of nitrogens with zero attached hydrogens (tertiary/aromatic N) is 2. The average molecular weight is 374 g/mol. The molecule has 1 aromatic heterocycles. The molecule has 0 saturated carbocycles. The van der Waals surface area contributed by atoms with Gasteiger partial charge in [-0.3, -0.25) is 9.48 Å². The Hall–Kier alpha value is -1.20. The summed E-state index contributed by atoms with van der Waals surface area (Å²) in [5.74, 6) is -0.603. The van der Waals surface area contributed by atoms with Crippen molar-refractivity contribution < 1.29 is 9.18 Å². The van der Waals surface area contributed by atoms with Crippen molar-refractivity contribution >= 4 is 33.3 Å². The van der Waals surface area contributed by atoms with Crippen molar-refractivity contribution in [2.45, 2.75) is 26.2 Å². The Labute approximate surface area is 136 Å². The largest absolute Gasteiger partial charge is 0.299 e. The van der Waals surface area contributed by atoms with Crippen LogP contribution >= 0.6 is 27.5 Å². The minimum absolute atomic E-state index is 0.0193. The van der Waals surface area contributed by atoms with Gasteiger partial charge in [-0.15, -0.1) is 0 Å². The number of halogens is 3. The maximum Gasteiger partial charge on any atom is 0.145 e. The third-order valence-corrected chi connectivity index (χ3v) is 4.49. The Kier molecular flexibility index (Phi) is 5.17. The summed E-state index contributed by atoms with van der Waals surface area (Å²) in [5, 5.41) is 4.38. The van der Waals surface area contributed by atoms with Gasteiger partial charge in [0, 0.05) is 19.9 Å². The third-order valence-electron chi connectivity index (χ3n) is 3.29. The molecule has 112 valence electrons. The molecule has 0 spiro atoms. The number of aromatic nitrogens is 2. The van der Waals surface area contributed by atoms with Gasteiger partial charge >= 0.3 is 0 Å². The first-order valence-corrected chi connectivity index (χ1v) is 7.76. The normalized spacial score (nSPS) is 10.9. The average Bonchev–Trinajstić information content (AvgIpc) is 2.71. The fourth-order valence-corrected chi connectivity index (χ4v) is 3.11. The minimum atomic E-state index is -0.522. The first-order valence-electron chi connectivity index (χ1n) is 6.58. The lowest BCUT2D eigenvalue weighted by molar-refractivity contribution is -0.117. The fourth-order valence-electron chi connectivity index (χ4n) is 2.16. The molecule has 1 aromatic carbocycles. The highest BCUT2D eigenvalue weighted by Gasteiger charge is 2.17. The molecule has 0 unspecified atom stereocenters. The van der Waals surface area contributed by atoms with Crippen LogP contribution in [-0.2, 0) is 31.1 Å². The van der Waals surface area contributed by atoms with Crippen LogP contribution in [0, 0.1) is 5.82 Å². The molecule has 2 rings (SSSR count). The van der Waals surface area contributed by atoms with Crippen molar-refractivity contribution in [1.82, 2.24) is 9.78 Å². The summed E-state index contributed by atoms with van der Waals surface area (Å²) in [5.41, 5.74) is 2.04. The van der Waals surface area contributed by atoms with E-state index in [2.05, 4.69) is 21.0 Å². The van der Waals surface area contributed by atoms with Gasteiger partial charge in [0.15, 0.2) is 0 Å². The van der Waals surface area contributed by atoms with Gasteiger partial charge in [-0.2, -0.15) is 5.10 Å². The highest BCUT2D eigenvalue weighted by molar-refractivity contribution is 9.10. The maximum absolute atomic E-state index is 13.8. The molecule has 0 aliphatic rings. The highest BCUT2D eigenvalue weighted by atomic mass is 79.9. The number of rotatable bonds is 5. The van der Waals surface area contributed by atoms with Gasteiger partial charge in [0.1, 0.15) is 11.6 Å². The molecule has 0 saturated heterocycles. The Morgan fingerprint density at radius 1 is 1.43 bits per heavy atom. The van der Waals surface area contributed by atoms with E-state index in [0.29, 0.717) is 5.56 Å². The van der Waals surface area contributed by atoms with Crippen molar-refractivity contribution in [2.24, 2.45) is 7.05 Å². The molecule has 0 radical (unpaired) electrons. The second-order valence-electron chi connectivity index (χ2n) is 4.79. The number of hydrogen-bond donors (Lipinski definition) is 0. The third kappa shape index (κ3) is 3.52. The van der Waals surface area contributed by atoms with Gasteiger partial charge in [-0.05, 0) is 34.0 Å². The smallest absolute Gasteiger partial charge is 0.145 e. The van der Waals surface area contributed by atoms with Crippen molar-refractivity contribution in [3.8, 4) is 0 Å². The number of benzene rings is 1. The molecule has 6 heteroatoms. The summed E-state index contributed by atoms with van der Waals surface area (Å²) in [6.07, 6.45) is 1.01. The summed E-state index contributed by atoms with van der Waals surface area (Å²) in [6, 6.07) is 4.69. The zero-order valence-corrected chi connectivity index (χ0v) is 14.1. The molecule has 0 aliphatic carbocycles. The summed E-state index contributed by atoms with van der Waals surface area (Å²) in [7, 11) is 1.80. The number of aryl methyl sites for hydroxylation is 2. The molecular formula is C15H15BrClFN2O. The van der Waals surface area contributed by atoms with Gasteiger partial charge in [0.05, 0.1) is 20.9 Å². The van der Waals surface area contributed by atoms with E-state index in [1.54, 1.807) is 23.9 Å². The van der Waals surface area contributed by atoms with Gasteiger partial charge in [-0.1, -0.05) is 30.7 Å². The SMILES string of the molecule is CCc1nn(C)c(CC(=O)Cc2cccc(Cl)c2F)c1Br. The number of carbonyl (C=O) groups is 1. The molecule has 2 aromatic rings. The summed E-state index contributed by atoms with van der Waals surface area (Å²) >= 11 is 9.19. The van der Waals surface area contributed by atoms with Crippen molar-refractivity contribution in [2.75, 3.05) is 0 Å². The fraction of sp³-hybridized carbons (Fsp3) is 0.333. The number of hydrogen-bond acceptors (Lipinski definition) is 2. The lowest BCUT2D eigenvalue weighted by Crippen LogP contribution is -2.11. The van der Waals surface area contributed by atoms with Crippen molar-refractivity contribution in [3.63, 3.8) is 0 Å². The van der Waals surface area contributed by atoms with Gasteiger partial charge in [0.25, 0.3) is 0 Å².